The number of ketones is 1. The van der Waals surface area contributed by atoms with Crippen molar-refractivity contribution in [2.45, 2.75) is 32.3 Å². The second kappa shape index (κ2) is 6.91. The van der Waals surface area contributed by atoms with Gasteiger partial charge in [-0.2, -0.15) is 0 Å². The topological polar surface area (TPSA) is 35.5 Å². The van der Waals surface area contributed by atoms with Gasteiger partial charge in [0.2, 0.25) is 0 Å². The van der Waals surface area contributed by atoms with Crippen molar-refractivity contribution in [1.29, 1.82) is 0 Å². The molecule has 2 aromatic rings. The summed E-state index contributed by atoms with van der Waals surface area (Å²) in [5.41, 5.74) is 4.17. The van der Waals surface area contributed by atoms with Crippen LogP contribution in [-0.2, 0) is 24.1 Å². The molecule has 0 bridgehead atoms. The summed E-state index contributed by atoms with van der Waals surface area (Å²) in [6, 6.07) is 14.1. The minimum atomic E-state index is 0.0411. The van der Waals surface area contributed by atoms with E-state index in [1.54, 1.807) is 14.0 Å². The van der Waals surface area contributed by atoms with E-state index in [4.69, 9.17) is 9.47 Å². The first-order valence-corrected chi connectivity index (χ1v) is 8.16. The molecule has 24 heavy (non-hydrogen) atoms. The number of Topliss-reactive ketones (excluding diaryl/α,β-unsaturated/α-hetero) is 1. The van der Waals surface area contributed by atoms with Crippen molar-refractivity contribution in [3.8, 4) is 11.5 Å². The summed E-state index contributed by atoms with van der Waals surface area (Å²) in [7, 11) is 1.63. The molecule has 3 nitrogen and oxygen atoms in total. The fourth-order valence-electron chi connectivity index (χ4n) is 3.04. The van der Waals surface area contributed by atoms with Gasteiger partial charge in [0.1, 0.15) is 6.10 Å². The van der Waals surface area contributed by atoms with Crippen LogP contribution in [0.3, 0.4) is 0 Å². The molecule has 0 radical (unpaired) electrons. The van der Waals surface area contributed by atoms with E-state index in [9.17, 15) is 4.79 Å². The van der Waals surface area contributed by atoms with Crippen LogP contribution in [-0.4, -0.2) is 19.0 Å². The molecule has 3 heteroatoms. The standard InChI is InChI=1S/C21H22O3/c1-14(2)19(22)10-15-8-9-20(23-3)21(11-15)24-18-12-16-6-4-5-7-17(16)13-18/h4-9,11,18H,1,10,12-13H2,2-3H3. The van der Waals surface area contributed by atoms with E-state index in [2.05, 4.69) is 30.8 Å². The van der Waals surface area contributed by atoms with E-state index in [-0.39, 0.29) is 11.9 Å². The van der Waals surface area contributed by atoms with Crippen LogP contribution in [0.4, 0.5) is 0 Å². The molecule has 0 N–H and O–H groups in total. The highest BCUT2D eigenvalue weighted by Crippen LogP contribution is 2.32. The van der Waals surface area contributed by atoms with Gasteiger partial charge < -0.3 is 9.47 Å². The van der Waals surface area contributed by atoms with Crippen molar-refractivity contribution in [3.05, 3.63) is 71.3 Å². The molecule has 1 aliphatic carbocycles. The molecule has 0 spiro atoms. The predicted molar refractivity (Wildman–Crippen MR) is 94.8 cm³/mol. The SMILES string of the molecule is C=C(C)C(=O)Cc1ccc(OC)c(OC2Cc3ccccc3C2)c1. The van der Waals surface area contributed by atoms with Crippen molar-refractivity contribution in [2.75, 3.05) is 7.11 Å². The van der Waals surface area contributed by atoms with E-state index in [0.29, 0.717) is 23.5 Å². The number of ether oxygens (including phenoxy) is 2. The predicted octanol–water partition coefficient (Wildman–Crippen LogP) is 3.93. The Morgan fingerprint density at radius 2 is 1.79 bits per heavy atom. The largest absolute Gasteiger partial charge is 0.493 e. The van der Waals surface area contributed by atoms with Gasteiger partial charge in [0.05, 0.1) is 7.11 Å². The summed E-state index contributed by atoms with van der Waals surface area (Å²) in [5.74, 6) is 1.43. The van der Waals surface area contributed by atoms with Crippen LogP contribution in [0.25, 0.3) is 0 Å². The van der Waals surface area contributed by atoms with Crippen molar-refractivity contribution < 1.29 is 14.3 Å². The van der Waals surface area contributed by atoms with Crippen LogP contribution in [0.1, 0.15) is 23.6 Å². The average molecular weight is 322 g/mol. The summed E-state index contributed by atoms with van der Waals surface area (Å²) in [6.07, 6.45) is 2.23. The van der Waals surface area contributed by atoms with Gasteiger partial charge in [-0.15, -0.1) is 0 Å². The average Bonchev–Trinajstić information content (AvgIpc) is 2.97. The summed E-state index contributed by atoms with van der Waals surface area (Å²) >= 11 is 0. The highest BCUT2D eigenvalue weighted by Gasteiger charge is 2.23. The second-order valence-electron chi connectivity index (χ2n) is 6.28. The molecule has 0 amide bonds. The summed E-state index contributed by atoms with van der Waals surface area (Å²) in [6.45, 7) is 5.44. The Morgan fingerprint density at radius 1 is 1.12 bits per heavy atom. The molecular formula is C21H22O3. The number of methoxy groups -OCH3 is 1. The Bertz CT molecular complexity index is 751. The minimum Gasteiger partial charge on any atom is -0.493 e. The first kappa shape index (κ1) is 16.3. The lowest BCUT2D eigenvalue weighted by molar-refractivity contribution is -0.114. The van der Waals surface area contributed by atoms with E-state index < -0.39 is 0 Å². The third-order valence-electron chi connectivity index (χ3n) is 4.38. The van der Waals surface area contributed by atoms with Gasteiger partial charge in [-0.05, 0) is 41.3 Å². The zero-order chi connectivity index (χ0) is 17.1. The molecule has 0 atom stereocenters. The van der Waals surface area contributed by atoms with Crippen LogP contribution < -0.4 is 9.47 Å². The van der Waals surface area contributed by atoms with Gasteiger partial charge >= 0.3 is 0 Å². The fourth-order valence-corrected chi connectivity index (χ4v) is 3.04. The highest BCUT2D eigenvalue weighted by molar-refractivity contribution is 5.95. The number of hydrogen-bond donors (Lipinski definition) is 0. The van der Waals surface area contributed by atoms with Crippen molar-refractivity contribution >= 4 is 5.78 Å². The Balaban J connectivity index is 1.77. The Labute approximate surface area is 142 Å². The quantitative estimate of drug-likeness (QED) is 0.756. The van der Waals surface area contributed by atoms with E-state index in [1.165, 1.54) is 11.1 Å². The molecule has 0 aromatic heterocycles. The maximum Gasteiger partial charge on any atom is 0.162 e. The second-order valence-corrected chi connectivity index (χ2v) is 6.28. The number of benzene rings is 2. The van der Waals surface area contributed by atoms with Crippen LogP contribution in [0, 0.1) is 0 Å². The fraction of sp³-hybridized carbons (Fsp3) is 0.286. The first-order valence-electron chi connectivity index (χ1n) is 8.16. The lowest BCUT2D eigenvalue weighted by Crippen LogP contribution is -2.17. The van der Waals surface area contributed by atoms with Crippen LogP contribution in [0.15, 0.2) is 54.6 Å². The van der Waals surface area contributed by atoms with Gasteiger partial charge in [-0.3, -0.25) is 4.79 Å². The van der Waals surface area contributed by atoms with E-state index >= 15 is 0 Å². The normalized spacial score (nSPS) is 13.4. The zero-order valence-electron chi connectivity index (χ0n) is 14.2. The molecule has 0 heterocycles. The number of carbonyl (C=O) groups excluding carboxylic acids is 1. The van der Waals surface area contributed by atoms with Gasteiger partial charge in [0.15, 0.2) is 17.3 Å². The van der Waals surface area contributed by atoms with Crippen LogP contribution in [0.2, 0.25) is 0 Å². The molecule has 3 rings (SSSR count). The van der Waals surface area contributed by atoms with Gasteiger partial charge in [0, 0.05) is 19.3 Å². The number of allylic oxidation sites excluding steroid dienone is 1. The van der Waals surface area contributed by atoms with Crippen LogP contribution in [0.5, 0.6) is 11.5 Å². The molecule has 0 aliphatic heterocycles. The molecular weight excluding hydrogens is 300 g/mol. The van der Waals surface area contributed by atoms with Gasteiger partial charge in [0.25, 0.3) is 0 Å². The van der Waals surface area contributed by atoms with Gasteiger partial charge in [-0.25, -0.2) is 0 Å². The number of hydrogen-bond acceptors (Lipinski definition) is 3. The monoisotopic (exact) mass is 322 g/mol. The summed E-state index contributed by atoms with van der Waals surface area (Å²) in [5, 5.41) is 0. The van der Waals surface area contributed by atoms with Crippen LogP contribution >= 0.6 is 0 Å². The maximum absolute atomic E-state index is 11.9. The molecule has 0 unspecified atom stereocenters. The lowest BCUT2D eigenvalue weighted by Gasteiger charge is -2.17. The van der Waals surface area contributed by atoms with Crippen molar-refractivity contribution in [2.24, 2.45) is 0 Å². The van der Waals surface area contributed by atoms with E-state index in [1.807, 2.05) is 18.2 Å². The molecule has 0 fully saturated rings. The summed E-state index contributed by atoms with van der Waals surface area (Å²) < 4.78 is 11.6. The lowest BCUT2D eigenvalue weighted by atomic mass is 10.0. The number of carbonyl (C=O) groups is 1. The molecule has 124 valence electrons. The Kier molecular flexibility index (Phi) is 4.70. The van der Waals surface area contributed by atoms with E-state index in [0.717, 1.165) is 18.4 Å². The maximum atomic E-state index is 11.9. The first-order chi connectivity index (χ1) is 11.6. The summed E-state index contributed by atoms with van der Waals surface area (Å²) in [4.78, 5) is 11.9. The minimum absolute atomic E-state index is 0.0411. The molecule has 1 aliphatic rings. The Morgan fingerprint density at radius 3 is 2.38 bits per heavy atom. The highest BCUT2D eigenvalue weighted by atomic mass is 16.5. The number of rotatable bonds is 6. The smallest absolute Gasteiger partial charge is 0.162 e. The third-order valence-corrected chi connectivity index (χ3v) is 4.38. The van der Waals surface area contributed by atoms with Crippen molar-refractivity contribution in [1.82, 2.24) is 0 Å². The van der Waals surface area contributed by atoms with Gasteiger partial charge in [-0.1, -0.05) is 36.9 Å². The molecule has 0 saturated carbocycles. The van der Waals surface area contributed by atoms with Crippen molar-refractivity contribution in [3.63, 3.8) is 0 Å². The third kappa shape index (κ3) is 3.51. The molecule has 0 saturated heterocycles. The zero-order valence-corrected chi connectivity index (χ0v) is 14.2. The molecule has 2 aromatic carbocycles. The number of fused-ring (bicyclic) bond motifs is 1. The Hall–Kier alpha value is -2.55.